The van der Waals surface area contributed by atoms with E-state index in [0.29, 0.717) is 12.8 Å². The van der Waals surface area contributed by atoms with Gasteiger partial charge >= 0.3 is 0 Å². The molecule has 1 fully saturated rings. The highest BCUT2D eigenvalue weighted by Crippen LogP contribution is 2.34. The number of amides is 1. The van der Waals surface area contributed by atoms with Crippen molar-refractivity contribution < 1.29 is 9.72 Å². The van der Waals surface area contributed by atoms with E-state index in [1.165, 1.54) is 12.1 Å². The highest BCUT2D eigenvalue weighted by atomic mass is 16.6. The molecule has 0 unspecified atom stereocenters. The third kappa shape index (κ3) is 2.26. The summed E-state index contributed by atoms with van der Waals surface area (Å²) in [6.45, 7) is 1.75. The zero-order chi connectivity index (χ0) is 12.6. The predicted octanol–water partition coefficient (Wildman–Crippen LogP) is 1.33. The van der Waals surface area contributed by atoms with E-state index in [9.17, 15) is 14.9 Å². The van der Waals surface area contributed by atoms with Crippen LogP contribution in [-0.2, 0) is 4.79 Å². The lowest BCUT2D eigenvalue weighted by Crippen LogP contribution is -2.37. The van der Waals surface area contributed by atoms with Crippen molar-refractivity contribution in [2.75, 3.05) is 5.32 Å². The molecule has 1 aromatic rings. The number of nitrogens with one attached hydrogen (secondary N) is 1. The van der Waals surface area contributed by atoms with E-state index in [4.69, 9.17) is 5.73 Å². The van der Waals surface area contributed by atoms with Gasteiger partial charge in [-0.25, -0.2) is 0 Å². The number of rotatable bonds is 3. The van der Waals surface area contributed by atoms with Crippen LogP contribution < -0.4 is 11.1 Å². The lowest BCUT2D eigenvalue weighted by molar-refractivity contribution is -0.384. The van der Waals surface area contributed by atoms with Gasteiger partial charge in [0.2, 0.25) is 5.91 Å². The first-order valence-corrected chi connectivity index (χ1v) is 5.28. The fraction of sp³-hybridized carbons (Fsp3) is 0.364. The summed E-state index contributed by atoms with van der Waals surface area (Å²) < 4.78 is 0. The summed E-state index contributed by atoms with van der Waals surface area (Å²) in [7, 11) is 0. The van der Waals surface area contributed by atoms with Gasteiger partial charge in [-0.2, -0.15) is 0 Å². The van der Waals surface area contributed by atoms with E-state index < -0.39 is 10.5 Å². The smallest absolute Gasteiger partial charge is 0.293 e. The van der Waals surface area contributed by atoms with Crippen molar-refractivity contribution in [1.82, 2.24) is 0 Å². The molecule has 0 radical (unpaired) electrons. The molecule has 0 aliphatic heterocycles. The van der Waals surface area contributed by atoms with Crippen LogP contribution in [0, 0.1) is 17.0 Å². The van der Waals surface area contributed by atoms with Crippen LogP contribution >= 0.6 is 0 Å². The zero-order valence-electron chi connectivity index (χ0n) is 9.40. The number of nitro groups is 1. The quantitative estimate of drug-likeness (QED) is 0.610. The van der Waals surface area contributed by atoms with E-state index in [-0.39, 0.29) is 17.3 Å². The Morgan fingerprint density at radius 1 is 1.53 bits per heavy atom. The molecule has 2 rings (SSSR count). The number of carbonyl (C=O) groups excluding carboxylic acids is 1. The molecule has 1 amide bonds. The van der Waals surface area contributed by atoms with E-state index in [2.05, 4.69) is 5.32 Å². The average molecular weight is 235 g/mol. The topological polar surface area (TPSA) is 98.3 Å². The molecule has 17 heavy (non-hydrogen) atoms. The van der Waals surface area contributed by atoms with Gasteiger partial charge in [-0.15, -0.1) is 0 Å². The second kappa shape index (κ2) is 3.81. The fourth-order valence-electron chi connectivity index (χ4n) is 1.51. The van der Waals surface area contributed by atoms with Crippen molar-refractivity contribution in [3.63, 3.8) is 0 Å². The highest BCUT2D eigenvalue weighted by Gasteiger charge is 2.46. The lowest BCUT2D eigenvalue weighted by Gasteiger charge is -2.10. The summed E-state index contributed by atoms with van der Waals surface area (Å²) >= 11 is 0. The minimum Gasteiger partial charge on any atom is -0.319 e. The Kier molecular flexibility index (Phi) is 2.59. The number of aryl methyl sites for hydroxylation is 1. The van der Waals surface area contributed by atoms with Gasteiger partial charge in [0.15, 0.2) is 0 Å². The molecule has 90 valence electrons. The monoisotopic (exact) mass is 235 g/mol. The summed E-state index contributed by atoms with van der Waals surface area (Å²) in [5.41, 5.74) is 5.73. The number of anilines is 1. The fourth-order valence-corrected chi connectivity index (χ4v) is 1.51. The van der Waals surface area contributed by atoms with Gasteiger partial charge in [-0.1, -0.05) is 6.07 Å². The van der Waals surface area contributed by atoms with Gasteiger partial charge in [0, 0.05) is 6.07 Å². The molecular weight excluding hydrogens is 222 g/mol. The highest BCUT2D eigenvalue weighted by molar-refractivity contribution is 6.01. The Morgan fingerprint density at radius 2 is 2.18 bits per heavy atom. The number of nitrogens with zero attached hydrogens (tertiary/aromatic N) is 1. The molecule has 6 heteroatoms. The molecule has 1 aliphatic carbocycles. The molecule has 0 aromatic heterocycles. The number of hydrogen-bond acceptors (Lipinski definition) is 4. The van der Waals surface area contributed by atoms with E-state index in [1.54, 1.807) is 13.0 Å². The first-order valence-electron chi connectivity index (χ1n) is 5.28. The van der Waals surface area contributed by atoms with E-state index >= 15 is 0 Å². The molecule has 0 atom stereocenters. The maximum atomic E-state index is 11.7. The average Bonchev–Trinajstić information content (AvgIpc) is 3.00. The Balaban J connectivity index is 2.26. The zero-order valence-corrected chi connectivity index (χ0v) is 9.40. The summed E-state index contributed by atoms with van der Waals surface area (Å²) in [6, 6.07) is 4.65. The third-order valence-corrected chi connectivity index (χ3v) is 2.84. The van der Waals surface area contributed by atoms with Crippen LogP contribution in [0.4, 0.5) is 11.4 Å². The predicted molar refractivity (Wildman–Crippen MR) is 62.6 cm³/mol. The molecule has 1 aliphatic rings. The molecule has 0 spiro atoms. The van der Waals surface area contributed by atoms with Crippen LogP contribution in [0.15, 0.2) is 18.2 Å². The van der Waals surface area contributed by atoms with Crippen LogP contribution in [0.3, 0.4) is 0 Å². The van der Waals surface area contributed by atoms with Crippen molar-refractivity contribution in [1.29, 1.82) is 0 Å². The van der Waals surface area contributed by atoms with Gasteiger partial charge in [0.1, 0.15) is 5.69 Å². The third-order valence-electron chi connectivity index (χ3n) is 2.84. The largest absolute Gasteiger partial charge is 0.319 e. The Hall–Kier alpha value is -1.95. The van der Waals surface area contributed by atoms with Gasteiger partial charge in [-0.3, -0.25) is 14.9 Å². The molecule has 1 aromatic carbocycles. The second-order valence-corrected chi connectivity index (χ2v) is 4.39. The van der Waals surface area contributed by atoms with Crippen LogP contribution in [-0.4, -0.2) is 16.4 Å². The molecule has 0 saturated heterocycles. The number of nitro benzene ring substituents is 1. The summed E-state index contributed by atoms with van der Waals surface area (Å²) in [5.74, 6) is -0.357. The number of benzene rings is 1. The van der Waals surface area contributed by atoms with E-state index in [1.807, 2.05) is 0 Å². The molecular formula is C11H13N3O3. The van der Waals surface area contributed by atoms with Crippen LogP contribution in [0.1, 0.15) is 18.4 Å². The van der Waals surface area contributed by atoms with Crippen molar-refractivity contribution in [2.45, 2.75) is 25.3 Å². The SMILES string of the molecule is Cc1ccc(NC(=O)C2(N)CC2)c([N+](=O)[O-])c1. The van der Waals surface area contributed by atoms with Gasteiger partial charge in [0.05, 0.1) is 10.5 Å². The van der Waals surface area contributed by atoms with E-state index in [0.717, 1.165) is 5.56 Å². The normalized spacial score (nSPS) is 16.4. The van der Waals surface area contributed by atoms with Crippen LogP contribution in [0.2, 0.25) is 0 Å². The molecule has 0 heterocycles. The second-order valence-electron chi connectivity index (χ2n) is 4.39. The maximum Gasteiger partial charge on any atom is 0.293 e. The number of nitrogens with two attached hydrogens (primary N) is 1. The van der Waals surface area contributed by atoms with Crippen LogP contribution in [0.25, 0.3) is 0 Å². The van der Waals surface area contributed by atoms with Gasteiger partial charge < -0.3 is 11.1 Å². The number of carbonyl (C=O) groups is 1. The lowest BCUT2D eigenvalue weighted by atomic mass is 10.2. The summed E-state index contributed by atoms with van der Waals surface area (Å²) in [4.78, 5) is 22.0. The van der Waals surface area contributed by atoms with Crippen molar-refractivity contribution in [3.8, 4) is 0 Å². The maximum absolute atomic E-state index is 11.7. The molecule has 3 N–H and O–H groups in total. The Bertz CT molecular complexity index is 495. The summed E-state index contributed by atoms with van der Waals surface area (Å²) in [5, 5.41) is 13.4. The molecule has 0 bridgehead atoms. The first-order chi connectivity index (χ1) is 7.92. The molecule has 1 saturated carbocycles. The molecule has 6 nitrogen and oxygen atoms in total. The standard InChI is InChI=1S/C11H13N3O3/c1-7-2-3-8(9(6-7)14(16)17)13-10(15)11(12)4-5-11/h2-3,6H,4-5,12H2,1H3,(H,13,15). The van der Waals surface area contributed by atoms with Gasteiger partial charge in [0.25, 0.3) is 5.69 Å². The minimum absolute atomic E-state index is 0.109. The van der Waals surface area contributed by atoms with Crippen molar-refractivity contribution in [2.24, 2.45) is 5.73 Å². The minimum atomic E-state index is -0.835. The summed E-state index contributed by atoms with van der Waals surface area (Å²) in [6.07, 6.45) is 1.25. The van der Waals surface area contributed by atoms with Crippen molar-refractivity contribution in [3.05, 3.63) is 33.9 Å². The van der Waals surface area contributed by atoms with Crippen molar-refractivity contribution >= 4 is 17.3 Å². The van der Waals surface area contributed by atoms with Crippen LogP contribution in [0.5, 0.6) is 0 Å². The first kappa shape index (κ1) is 11.5. The number of hydrogen-bond donors (Lipinski definition) is 2. The Morgan fingerprint density at radius 3 is 2.71 bits per heavy atom. The van der Waals surface area contributed by atoms with Gasteiger partial charge in [-0.05, 0) is 31.4 Å². The Labute approximate surface area is 98.0 Å².